The van der Waals surface area contributed by atoms with Gasteiger partial charge in [-0.2, -0.15) is 0 Å². The van der Waals surface area contributed by atoms with Crippen LogP contribution in [-0.2, 0) is 32.6 Å². The quantitative estimate of drug-likeness (QED) is 0.140. The van der Waals surface area contributed by atoms with Crippen molar-refractivity contribution in [1.82, 2.24) is 10.2 Å². The third kappa shape index (κ3) is 8.92. The summed E-state index contributed by atoms with van der Waals surface area (Å²) in [6.07, 6.45) is 2.15. The molecule has 0 fully saturated rings. The van der Waals surface area contributed by atoms with E-state index in [0.717, 1.165) is 24.8 Å². The van der Waals surface area contributed by atoms with Crippen LogP contribution in [0.3, 0.4) is 0 Å². The fraction of sp³-hybridized carbons (Fsp3) is 0.257. The third-order valence-corrected chi connectivity index (χ3v) is 10.2. The van der Waals surface area contributed by atoms with Crippen LogP contribution in [0.25, 0.3) is 0 Å². The Hall–Kier alpha value is -3.80. The fourth-order valence-corrected chi connectivity index (χ4v) is 7.29. The molecule has 0 aliphatic carbocycles. The van der Waals surface area contributed by atoms with Crippen molar-refractivity contribution in [2.75, 3.05) is 30.3 Å². The van der Waals surface area contributed by atoms with Crippen LogP contribution in [0.5, 0.6) is 5.75 Å². The Morgan fingerprint density at radius 2 is 1.57 bits per heavy atom. The minimum Gasteiger partial charge on any atom is -0.492 e. The highest BCUT2D eigenvalue weighted by atomic mass is 79.9. The molecule has 0 unspecified atom stereocenters. The van der Waals surface area contributed by atoms with Crippen LogP contribution in [0.1, 0.15) is 25.0 Å². The van der Waals surface area contributed by atoms with Gasteiger partial charge in [0.25, 0.3) is 10.0 Å². The first kappa shape index (κ1) is 35.1. The van der Waals surface area contributed by atoms with Gasteiger partial charge in [-0.3, -0.25) is 13.9 Å². The minimum absolute atomic E-state index is 0.0347. The number of hydrogen-bond acceptors (Lipinski definition) is 6. The van der Waals surface area contributed by atoms with E-state index in [9.17, 15) is 18.0 Å². The molecule has 0 aromatic heterocycles. The third-order valence-electron chi connectivity index (χ3n) is 7.22. The topological polar surface area (TPSA) is 96.0 Å². The number of rotatable bonds is 15. The SMILES string of the molecule is CCNC(=O)[C@@H](Cc1ccccc1)N(Cc1cccc(Br)c1)C(=O)CN(c1ccccc1OCC)S(=O)(=O)c1ccc(SC)cc1. The molecule has 46 heavy (non-hydrogen) atoms. The van der Waals surface area contributed by atoms with Crippen LogP contribution >= 0.6 is 27.7 Å². The number of carbonyl (C=O) groups is 2. The normalized spacial score (nSPS) is 11.8. The van der Waals surface area contributed by atoms with Gasteiger partial charge < -0.3 is 15.0 Å². The van der Waals surface area contributed by atoms with Crippen LogP contribution in [0.2, 0.25) is 0 Å². The standard InChI is InChI=1S/C35H38BrN3O5S2/c1-4-37-35(41)32(23-26-12-7-6-8-13-26)38(24-27-14-11-15-28(36)22-27)34(40)25-39(31-16-9-10-17-33(31)44-5-2)46(42,43)30-20-18-29(45-3)19-21-30/h6-22,32H,4-5,23-25H2,1-3H3,(H,37,41)/t32-/m1/s1. The second-order valence-corrected chi connectivity index (χ2v) is 14.0. The van der Waals surface area contributed by atoms with Crippen molar-refractivity contribution in [2.45, 2.75) is 42.6 Å². The molecule has 1 N–H and O–H groups in total. The monoisotopic (exact) mass is 723 g/mol. The predicted molar refractivity (Wildman–Crippen MR) is 188 cm³/mol. The molecule has 0 heterocycles. The Kier molecular flexibility index (Phi) is 12.7. The largest absolute Gasteiger partial charge is 0.492 e. The lowest BCUT2D eigenvalue weighted by atomic mass is 10.0. The minimum atomic E-state index is -4.25. The van der Waals surface area contributed by atoms with Gasteiger partial charge >= 0.3 is 0 Å². The maximum absolute atomic E-state index is 14.6. The average molecular weight is 725 g/mol. The molecule has 8 nitrogen and oxygen atoms in total. The maximum atomic E-state index is 14.6. The predicted octanol–water partition coefficient (Wildman–Crippen LogP) is 6.54. The highest BCUT2D eigenvalue weighted by molar-refractivity contribution is 9.10. The van der Waals surface area contributed by atoms with E-state index in [1.54, 1.807) is 36.4 Å². The number of nitrogens with zero attached hydrogens (tertiary/aromatic N) is 2. The van der Waals surface area contributed by atoms with Crippen LogP contribution in [0.4, 0.5) is 5.69 Å². The molecular weight excluding hydrogens is 686 g/mol. The van der Waals surface area contributed by atoms with Crippen LogP contribution in [-0.4, -0.2) is 57.1 Å². The second kappa shape index (κ2) is 16.7. The van der Waals surface area contributed by atoms with Crippen LogP contribution in [0, 0.1) is 0 Å². The summed E-state index contributed by atoms with van der Waals surface area (Å²) in [5.41, 5.74) is 1.87. The lowest BCUT2D eigenvalue weighted by Gasteiger charge is -2.34. The molecule has 0 aliphatic heterocycles. The summed E-state index contributed by atoms with van der Waals surface area (Å²) in [4.78, 5) is 30.7. The second-order valence-electron chi connectivity index (χ2n) is 10.3. The molecule has 4 aromatic rings. The van der Waals surface area contributed by atoms with E-state index >= 15 is 0 Å². The van der Waals surface area contributed by atoms with E-state index in [4.69, 9.17) is 4.74 Å². The van der Waals surface area contributed by atoms with Gasteiger partial charge in [0.1, 0.15) is 18.3 Å². The summed E-state index contributed by atoms with van der Waals surface area (Å²) in [5.74, 6) is -0.542. The summed E-state index contributed by atoms with van der Waals surface area (Å²) in [7, 11) is -4.25. The van der Waals surface area contributed by atoms with Crippen molar-refractivity contribution in [3.63, 3.8) is 0 Å². The van der Waals surface area contributed by atoms with Crippen molar-refractivity contribution in [3.8, 4) is 5.75 Å². The average Bonchev–Trinajstić information content (AvgIpc) is 3.06. The van der Waals surface area contributed by atoms with E-state index in [1.165, 1.54) is 28.8 Å². The first-order valence-corrected chi connectivity index (χ1v) is 18.4. The van der Waals surface area contributed by atoms with E-state index in [0.29, 0.717) is 18.9 Å². The number of sulfonamides is 1. The number of ether oxygens (including phenoxy) is 1. The van der Waals surface area contributed by atoms with Gasteiger partial charge in [0, 0.05) is 28.9 Å². The Morgan fingerprint density at radius 1 is 0.891 bits per heavy atom. The van der Waals surface area contributed by atoms with E-state index < -0.39 is 28.5 Å². The van der Waals surface area contributed by atoms with Gasteiger partial charge in [0.15, 0.2) is 0 Å². The Labute approximate surface area is 284 Å². The molecule has 0 bridgehead atoms. The first-order valence-electron chi connectivity index (χ1n) is 14.9. The van der Waals surface area contributed by atoms with Gasteiger partial charge in [0.05, 0.1) is 17.2 Å². The van der Waals surface area contributed by atoms with Gasteiger partial charge in [-0.25, -0.2) is 8.42 Å². The lowest BCUT2D eigenvalue weighted by Crippen LogP contribution is -2.53. The zero-order valence-corrected chi connectivity index (χ0v) is 29.3. The molecule has 0 spiro atoms. The Balaban J connectivity index is 1.83. The van der Waals surface area contributed by atoms with E-state index in [2.05, 4.69) is 21.2 Å². The summed E-state index contributed by atoms with van der Waals surface area (Å²) in [6, 6.07) is 29.3. The molecule has 4 rings (SSSR count). The molecule has 4 aromatic carbocycles. The Bertz CT molecular complexity index is 1720. The molecule has 0 saturated carbocycles. The molecule has 0 aliphatic rings. The number of amides is 2. The highest BCUT2D eigenvalue weighted by Gasteiger charge is 2.35. The number of hydrogen-bond donors (Lipinski definition) is 1. The number of carbonyl (C=O) groups excluding carboxylic acids is 2. The zero-order valence-electron chi connectivity index (χ0n) is 26.1. The molecule has 0 radical (unpaired) electrons. The number of anilines is 1. The first-order chi connectivity index (χ1) is 22.2. The number of para-hydroxylation sites is 2. The number of nitrogens with one attached hydrogen (secondary N) is 1. The number of thioether (sulfide) groups is 1. The molecule has 11 heteroatoms. The summed E-state index contributed by atoms with van der Waals surface area (Å²) >= 11 is 5.00. The maximum Gasteiger partial charge on any atom is 0.264 e. The molecular formula is C35H38BrN3O5S2. The fourth-order valence-electron chi connectivity index (χ4n) is 5.01. The van der Waals surface area contributed by atoms with Crippen molar-refractivity contribution in [2.24, 2.45) is 0 Å². The molecule has 1 atom stereocenters. The molecule has 242 valence electrons. The summed E-state index contributed by atoms with van der Waals surface area (Å²) < 4.78 is 36.4. The molecule has 0 saturated heterocycles. The van der Waals surface area contributed by atoms with Crippen LogP contribution < -0.4 is 14.4 Å². The van der Waals surface area contributed by atoms with Crippen molar-refractivity contribution in [3.05, 3.63) is 119 Å². The van der Waals surface area contributed by atoms with Crippen LogP contribution in [0.15, 0.2) is 117 Å². The van der Waals surface area contributed by atoms with Gasteiger partial charge in [-0.1, -0.05) is 70.5 Å². The van der Waals surface area contributed by atoms with Crippen molar-refractivity contribution in [1.29, 1.82) is 0 Å². The Morgan fingerprint density at radius 3 is 2.22 bits per heavy atom. The molecule has 2 amide bonds. The lowest BCUT2D eigenvalue weighted by molar-refractivity contribution is -0.140. The van der Waals surface area contributed by atoms with E-state index in [1.807, 2.05) is 74.7 Å². The number of halogens is 1. The van der Waals surface area contributed by atoms with Crippen molar-refractivity contribution >= 4 is 55.2 Å². The highest BCUT2D eigenvalue weighted by Crippen LogP contribution is 2.33. The number of likely N-dealkylation sites (N-methyl/N-ethyl adjacent to an activating group) is 1. The zero-order chi connectivity index (χ0) is 33.1. The van der Waals surface area contributed by atoms with Gasteiger partial charge in [-0.05, 0) is 79.8 Å². The van der Waals surface area contributed by atoms with E-state index in [-0.39, 0.29) is 29.5 Å². The van der Waals surface area contributed by atoms with Gasteiger partial charge in [-0.15, -0.1) is 11.8 Å². The van der Waals surface area contributed by atoms with Crippen molar-refractivity contribution < 1.29 is 22.7 Å². The summed E-state index contributed by atoms with van der Waals surface area (Å²) in [6.45, 7) is 3.82. The number of benzene rings is 4. The smallest absolute Gasteiger partial charge is 0.264 e. The summed E-state index contributed by atoms with van der Waals surface area (Å²) in [5, 5.41) is 2.88. The van der Waals surface area contributed by atoms with Gasteiger partial charge in [0.2, 0.25) is 11.8 Å².